The number of alkyl halides is 1. The first kappa shape index (κ1) is 13.4. The Labute approximate surface area is 116 Å². The van der Waals surface area contributed by atoms with Crippen LogP contribution in [0.5, 0.6) is 0 Å². The first-order valence-electron chi connectivity index (χ1n) is 5.03. The molecular weight excluding hydrogens is 328 g/mol. The molecule has 0 heterocycles. The van der Waals surface area contributed by atoms with E-state index in [1.165, 1.54) is 24.3 Å². The number of hydrogen-bond donors (Lipinski definition) is 0. The minimum Gasteiger partial charge on any atom is -0.207 e. The van der Waals surface area contributed by atoms with Gasteiger partial charge in [-0.25, -0.2) is 13.2 Å². The maximum atomic E-state index is 13.6. The monoisotopic (exact) mass is 334 g/mol. The molecule has 0 aliphatic carbocycles. The summed E-state index contributed by atoms with van der Waals surface area (Å²) in [7, 11) is 0. The van der Waals surface area contributed by atoms with Crippen LogP contribution < -0.4 is 0 Å². The number of rotatable bonds is 2. The molecule has 0 amide bonds. The van der Waals surface area contributed by atoms with Crippen LogP contribution in [0.2, 0.25) is 0 Å². The van der Waals surface area contributed by atoms with Crippen LogP contribution in [-0.4, -0.2) is 0 Å². The fourth-order valence-electron chi connectivity index (χ4n) is 1.58. The smallest absolute Gasteiger partial charge is 0.131 e. The predicted molar refractivity (Wildman–Crippen MR) is 68.2 cm³/mol. The summed E-state index contributed by atoms with van der Waals surface area (Å²) >= 11 is 9.33. The van der Waals surface area contributed by atoms with Crippen molar-refractivity contribution in [2.45, 2.75) is 5.38 Å². The van der Waals surface area contributed by atoms with Gasteiger partial charge in [0.15, 0.2) is 0 Å². The van der Waals surface area contributed by atoms with Crippen molar-refractivity contribution in [1.29, 1.82) is 0 Å². The van der Waals surface area contributed by atoms with Crippen LogP contribution in [0, 0.1) is 17.5 Å². The third kappa shape index (κ3) is 2.70. The molecule has 2 rings (SSSR count). The van der Waals surface area contributed by atoms with Gasteiger partial charge in [-0.3, -0.25) is 0 Å². The van der Waals surface area contributed by atoms with Gasteiger partial charge < -0.3 is 0 Å². The highest BCUT2D eigenvalue weighted by Crippen LogP contribution is 2.35. The van der Waals surface area contributed by atoms with Gasteiger partial charge in [-0.05, 0) is 29.8 Å². The Hall–Kier alpha value is -1.000. The van der Waals surface area contributed by atoms with Crippen molar-refractivity contribution in [3.63, 3.8) is 0 Å². The SMILES string of the molecule is Fc1ccc(C(Cl)c2cc(F)ccc2Br)c(F)c1. The van der Waals surface area contributed by atoms with Crippen molar-refractivity contribution in [1.82, 2.24) is 0 Å². The van der Waals surface area contributed by atoms with E-state index in [-0.39, 0.29) is 5.56 Å². The van der Waals surface area contributed by atoms with E-state index in [4.69, 9.17) is 11.6 Å². The molecule has 0 spiro atoms. The van der Waals surface area contributed by atoms with Crippen LogP contribution >= 0.6 is 27.5 Å². The number of halogens is 5. The molecule has 0 aromatic heterocycles. The second-order valence-electron chi connectivity index (χ2n) is 3.69. The minimum atomic E-state index is -0.893. The van der Waals surface area contributed by atoms with Crippen molar-refractivity contribution in [2.24, 2.45) is 0 Å². The van der Waals surface area contributed by atoms with Crippen molar-refractivity contribution < 1.29 is 13.2 Å². The summed E-state index contributed by atoms with van der Waals surface area (Å²) in [5.41, 5.74) is 0.492. The Morgan fingerprint density at radius 3 is 2.17 bits per heavy atom. The summed E-state index contributed by atoms with van der Waals surface area (Å²) in [5.74, 6) is -1.91. The first-order valence-corrected chi connectivity index (χ1v) is 6.26. The second-order valence-corrected chi connectivity index (χ2v) is 4.98. The van der Waals surface area contributed by atoms with Gasteiger partial charge in [0.1, 0.15) is 17.5 Å². The van der Waals surface area contributed by atoms with E-state index in [0.717, 1.165) is 12.1 Å². The molecule has 1 unspecified atom stereocenters. The largest absolute Gasteiger partial charge is 0.207 e. The molecule has 2 aromatic carbocycles. The predicted octanol–water partition coefficient (Wildman–Crippen LogP) is 5.19. The Morgan fingerprint density at radius 1 is 0.889 bits per heavy atom. The van der Waals surface area contributed by atoms with Gasteiger partial charge in [-0.1, -0.05) is 22.0 Å². The summed E-state index contributed by atoms with van der Waals surface area (Å²) in [4.78, 5) is 0. The number of benzene rings is 2. The zero-order chi connectivity index (χ0) is 13.3. The Morgan fingerprint density at radius 2 is 1.50 bits per heavy atom. The highest BCUT2D eigenvalue weighted by Gasteiger charge is 2.18. The van der Waals surface area contributed by atoms with E-state index in [1.54, 1.807) is 0 Å². The molecule has 0 bridgehead atoms. The quantitative estimate of drug-likeness (QED) is 0.662. The molecule has 1 atom stereocenters. The molecule has 0 nitrogen and oxygen atoms in total. The molecular formula is C13H7BrClF3. The molecule has 5 heteroatoms. The average Bonchev–Trinajstić information content (AvgIpc) is 2.31. The van der Waals surface area contributed by atoms with Gasteiger partial charge in [0.2, 0.25) is 0 Å². The third-order valence-corrected chi connectivity index (χ3v) is 3.66. The fraction of sp³-hybridized carbons (Fsp3) is 0.0769. The van der Waals surface area contributed by atoms with Gasteiger partial charge in [-0.15, -0.1) is 11.6 Å². The van der Waals surface area contributed by atoms with Crippen molar-refractivity contribution >= 4 is 27.5 Å². The molecule has 2 aromatic rings. The maximum Gasteiger partial charge on any atom is 0.131 e. The first-order chi connectivity index (χ1) is 8.49. The number of hydrogen-bond acceptors (Lipinski definition) is 0. The van der Waals surface area contributed by atoms with Crippen molar-refractivity contribution in [3.8, 4) is 0 Å². The van der Waals surface area contributed by atoms with Crippen LogP contribution in [0.1, 0.15) is 16.5 Å². The lowest BCUT2D eigenvalue weighted by Gasteiger charge is -2.13. The van der Waals surface area contributed by atoms with Crippen molar-refractivity contribution in [2.75, 3.05) is 0 Å². The minimum absolute atomic E-state index is 0.101. The molecule has 0 saturated carbocycles. The highest BCUT2D eigenvalue weighted by atomic mass is 79.9. The Balaban J connectivity index is 2.47. The average molecular weight is 336 g/mol. The van der Waals surface area contributed by atoms with Crippen molar-refractivity contribution in [3.05, 3.63) is 69.4 Å². The van der Waals surface area contributed by atoms with E-state index in [1.807, 2.05) is 0 Å². The summed E-state index contributed by atoms with van der Waals surface area (Å²) < 4.78 is 40.1. The summed E-state index contributed by atoms with van der Waals surface area (Å²) in [6.07, 6.45) is 0. The van der Waals surface area contributed by atoms with E-state index in [2.05, 4.69) is 15.9 Å². The zero-order valence-corrected chi connectivity index (χ0v) is 11.3. The van der Waals surface area contributed by atoms with E-state index >= 15 is 0 Å². The van der Waals surface area contributed by atoms with E-state index < -0.39 is 22.8 Å². The molecule has 0 N–H and O–H groups in total. The van der Waals surface area contributed by atoms with Gasteiger partial charge in [0.25, 0.3) is 0 Å². The Kier molecular flexibility index (Phi) is 3.97. The molecule has 0 aliphatic heterocycles. The lowest BCUT2D eigenvalue weighted by molar-refractivity contribution is 0.573. The molecule has 0 fully saturated rings. The zero-order valence-electron chi connectivity index (χ0n) is 8.93. The fourth-order valence-corrected chi connectivity index (χ4v) is 2.55. The van der Waals surface area contributed by atoms with Crippen LogP contribution in [0.4, 0.5) is 13.2 Å². The standard InChI is InChI=1S/C13H7BrClF3/c14-11-4-2-7(16)5-10(11)13(15)9-3-1-8(17)6-12(9)18/h1-6,13H. The maximum absolute atomic E-state index is 13.6. The van der Waals surface area contributed by atoms with Crippen LogP contribution in [-0.2, 0) is 0 Å². The molecule has 0 radical (unpaired) electrons. The Bertz CT molecular complexity index is 586. The lowest BCUT2D eigenvalue weighted by Crippen LogP contribution is -1.99. The normalized spacial score (nSPS) is 12.5. The third-order valence-electron chi connectivity index (χ3n) is 2.47. The van der Waals surface area contributed by atoms with Crippen LogP contribution in [0.3, 0.4) is 0 Å². The highest BCUT2D eigenvalue weighted by molar-refractivity contribution is 9.10. The summed E-state index contributed by atoms with van der Waals surface area (Å²) in [6, 6.07) is 7.07. The second kappa shape index (κ2) is 5.33. The lowest BCUT2D eigenvalue weighted by atomic mass is 10.0. The van der Waals surface area contributed by atoms with Gasteiger partial charge in [-0.2, -0.15) is 0 Å². The van der Waals surface area contributed by atoms with Gasteiger partial charge in [0, 0.05) is 16.1 Å². The molecule has 94 valence electrons. The van der Waals surface area contributed by atoms with Crippen LogP contribution in [0.25, 0.3) is 0 Å². The van der Waals surface area contributed by atoms with E-state index in [9.17, 15) is 13.2 Å². The molecule has 18 heavy (non-hydrogen) atoms. The van der Waals surface area contributed by atoms with Gasteiger partial charge >= 0.3 is 0 Å². The van der Waals surface area contributed by atoms with Gasteiger partial charge in [0.05, 0.1) is 5.38 Å². The molecule has 0 saturated heterocycles. The summed E-state index contributed by atoms with van der Waals surface area (Å²) in [6.45, 7) is 0. The van der Waals surface area contributed by atoms with Crippen LogP contribution in [0.15, 0.2) is 40.9 Å². The summed E-state index contributed by atoms with van der Waals surface area (Å²) in [5, 5.41) is -0.893. The van der Waals surface area contributed by atoms with E-state index in [0.29, 0.717) is 10.0 Å². The topological polar surface area (TPSA) is 0 Å². The molecule has 0 aliphatic rings.